The number of nitrogen functional groups attached to an aromatic ring is 2. The summed E-state index contributed by atoms with van der Waals surface area (Å²) in [4.78, 5) is 0. The molecule has 0 spiro atoms. The number of ether oxygens (including phenoxy) is 1. The van der Waals surface area contributed by atoms with Crippen LogP contribution in [-0.2, 0) is 0 Å². The normalized spacial score (nSPS) is 10.2. The van der Waals surface area contributed by atoms with E-state index >= 15 is 0 Å². The van der Waals surface area contributed by atoms with Crippen molar-refractivity contribution in [2.75, 3.05) is 11.5 Å². The van der Waals surface area contributed by atoms with Crippen molar-refractivity contribution < 1.29 is 14.2 Å². The number of anilines is 2. The molecule has 0 atom stereocenters. The number of halogens is 1. The number of hydrogen-bond donors (Lipinski definition) is 3. The largest absolute Gasteiger partial charge is 0.508 e. The van der Waals surface area contributed by atoms with Gasteiger partial charge in [0, 0.05) is 12.1 Å². The number of phenolic OH excluding ortho intramolecular Hbond substituents is 1. The van der Waals surface area contributed by atoms with Crippen LogP contribution in [0.1, 0.15) is 0 Å². The Bertz CT molecular complexity index is 558. The zero-order chi connectivity index (χ0) is 12.4. The van der Waals surface area contributed by atoms with Crippen molar-refractivity contribution in [3.05, 3.63) is 42.2 Å². The summed E-state index contributed by atoms with van der Waals surface area (Å²) in [5, 5.41) is 9.28. The molecule has 0 aliphatic carbocycles. The van der Waals surface area contributed by atoms with E-state index in [0.29, 0.717) is 5.69 Å². The maximum Gasteiger partial charge on any atom is 0.153 e. The van der Waals surface area contributed by atoms with Gasteiger partial charge < -0.3 is 21.3 Å². The second-order valence-electron chi connectivity index (χ2n) is 3.51. The predicted molar refractivity (Wildman–Crippen MR) is 63.4 cm³/mol. The van der Waals surface area contributed by atoms with Crippen molar-refractivity contribution >= 4 is 11.4 Å². The molecule has 0 aromatic heterocycles. The number of aromatic hydroxyl groups is 1. The second-order valence-corrected chi connectivity index (χ2v) is 3.51. The molecular formula is C12H11FN2O2. The minimum absolute atomic E-state index is 0.0186. The Labute approximate surface area is 97.2 Å². The molecule has 0 amide bonds. The molecule has 88 valence electrons. The highest BCUT2D eigenvalue weighted by Crippen LogP contribution is 2.31. The van der Waals surface area contributed by atoms with Crippen LogP contribution in [0.4, 0.5) is 15.8 Å². The third kappa shape index (κ3) is 2.39. The molecule has 5 heteroatoms. The van der Waals surface area contributed by atoms with Crippen LogP contribution in [0.25, 0.3) is 0 Å². The zero-order valence-corrected chi connectivity index (χ0v) is 8.85. The van der Waals surface area contributed by atoms with Gasteiger partial charge in [0.1, 0.15) is 17.3 Å². The quantitative estimate of drug-likeness (QED) is 0.550. The lowest BCUT2D eigenvalue weighted by molar-refractivity contribution is 0.455. The van der Waals surface area contributed by atoms with Gasteiger partial charge in [-0.3, -0.25) is 0 Å². The number of hydrogen-bond acceptors (Lipinski definition) is 4. The average molecular weight is 234 g/mol. The minimum Gasteiger partial charge on any atom is -0.508 e. The van der Waals surface area contributed by atoms with Crippen molar-refractivity contribution in [3.63, 3.8) is 0 Å². The van der Waals surface area contributed by atoms with Gasteiger partial charge in [-0.05, 0) is 24.3 Å². The van der Waals surface area contributed by atoms with Crippen LogP contribution in [0.15, 0.2) is 36.4 Å². The van der Waals surface area contributed by atoms with Gasteiger partial charge in [0.2, 0.25) is 0 Å². The van der Waals surface area contributed by atoms with E-state index in [4.69, 9.17) is 16.2 Å². The molecule has 5 N–H and O–H groups in total. The highest BCUT2D eigenvalue weighted by Gasteiger charge is 2.06. The summed E-state index contributed by atoms with van der Waals surface area (Å²) in [6.07, 6.45) is 0. The van der Waals surface area contributed by atoms with Gasteiger partial charge in [0.15, 0.2) is 5.75 Å². The van der Waals surface area contributed by atoms with E-state index in [9.17, 15) is 9.50 Å². The number of rotatable bonds is 2. The molecule has 0 saturated heterocycles. The third-order valence-corrected chi connectivity index (χ3v) is 2.20. The van der Waals surface area contributed by atoms with Crippen molar-refractivity contribution in [1.29, 1.82) is 0 Å². The summed E-state index contributed by atoms with van der Waals surface area (Å²) < 4.78 is 18.5. The van der Waals surface area contributed by atoms with Gasteiger partial charge in [-0.25, -0.2) is 4.39 Å². The first-order valence-electron chi connectivity index (χ1n) is 4.87. The molecule has 0 radical (unpaired) electrons. The zero-order valence-electron chi connectivity index (χ0n) is 8.85. The Balaban J connectivity index is 2.31. The summed E-state index contributed by atoms with van der Waals surface area (Å²) in [7, 11) is 0. The first kappa shape index (κ1) is 11.1. The topological polar surface area (TPSA) is 81.5 Å². The summed E-state index contributed by atoms with van der Waals surface area (Å²) in [5.74, 6) is -0.0329. The van der Waals surface area contributed by atoms with E-state index in [1.165, 1.54) is 30.3 Å². The van der Waals surface area contributed by atoms with Gasteiger partial charge in [-0.1, -0.05) is 0 Å². The maximum absolute atomic E-state index is 13.2. The number of nitrogens with two attached hydrogens (primary N) is 2. The monoisotopic (exact) mass is 234 g/mol. The van der Waals surface area contributed by atoms with E-state index < -0.39 is 5.82 Å². The van der Waals surface area contributed by atoms with Crippen molar-refractivity contribution in [1.82, 2.24) is 0 Å². The number of benzene rings is 2. The van der Waals surface area contributed by atoms with Crippen molar-refractivity contribution in [3.8, 4) is 17.2 Å². The Morgan fingerprint density at radius 1 is 1.00 bits per heavy atom. The second kappa shape index (κ2) is 4.21. The molecule has 0 bridgehead atoms. The highest BCUT2D eigenvalue weighted by molar-refractivity contribution is 5.57. The summed E-state index contributed by atoms with van der Waals surface area (Å²) in [5.41, 5.74) is 11.4. The van der Waals surface area contributed by atoms with Gasteiger partial charge in [0.05, 0.1) is 11.4 Å². The van der Waals surface area contributed by atoms with E-state index in [0.717, 1.165) is 6.07 Å². The molecule has 17 heavy (non-hydrogen) atoms. The van der Waals surface area contributed by atoms with Crippen molar-refractivity contribution in [2.24, 2.45) is 0 Å². The van der Waals surface area contributed by atoms with E-state index in [2.05, 4.69) is 0 Å². The molecular weight excluding hydrogens is 223 g/mol. The fraction of sp³-hybridized carbons (Fsp3) is 0. The molecule has 4 nitrogen and oxygen atoms in total. The standard InChI is InChI=1S/C12H11FN2O2/c13-9-6-8(2-4-10(9)14)17-12-5-7(16)1-3-11(12)15/h1-6,16H,14-15H2. The van der Waals surface area contributed by atoms with Crippen LogP contribution in [0, 0.1) is 5.82 Å². The third-order valence-electron chi connectivity index (χ3n) is 2.20. The first-order chi connectivity index (χ1) is 8.06. The Morgan fingerprint density at radius 2 is 1.71 bits per heavy atom. The molecule has 0 unspecified atom stereocenters. The average Bonchev–Trinajstić information content (AvgIpc) is 2.29. The lowest BCUT2D eigenvalue weighted by Crippen LogP contribution is -1.94. The smallest absolute Gasteiger partial charge is 0.153 e. The van der Waals surface area contributed by atoms with E-state index in [-0.39, 0.29) is 22.9 Å². The fourth-order valence-corrected chi connectivity index (χ4v) is 1.31. The maximum atomic E-state index is 13.2. The van der Waals surface area contributed by atoms with Gasteiger partial charge in [-0.2, -0.15) is 0 Å². The van der Waals surface area contributed by atoms with Crippen molar-refractivity contribution in [2.45, 2.75) is 0 Å². The van der Waals surface area contributed by atoms with Gasteiger partial charge >= 0.3 is 0 Å². The molecule has 0 aliphatic rings. The Hall–Kier alpha value is -2.43. The SMILES string of the molecule is Nc1ccc(Oc2cc(O)ccc2N)cc1F. The van der Waals surface area contributed by atoms with Crippen LogP contribution in [0.2, 0.25) is 0 Å². The van der Waals surface area contributed by atoms with Crippen LogP contribution in [0.3, 0.4) is 0 Å². The number of phenols is 1. The molecule has 0 heterocycles. The summed E-state index contributed by atoms with van der Waals surface area (Å²) >= 11 is 0. The Kier molecular flexibility index (Phi) is 2.74. The van der Waals surface area contributed by atoms with Crippen LogP contribution in [0.5, 0.6) is 17.2 Å². The molecule has 2 rings (SSSR count). The van der Waals surface area contributed by atoms with Gasteiger partial charge in [0.25, 0.3) is 0 Å². The molecule has 0 fully saturated rings. The molecule has 2 aromatic rings. The molecule has 0 saturated carbocycles. The predicted octanol–water partition coefficient (Wildman–Crippen LogP) is 2.49. The lowest BCUT2D eigenvalue weighted by Gasteiger charge is -2.09. The van der Waals surface area contributed by atoms with E-state index in [1.807, 2.05) is 0 Å². The van der Waals surface area contributed by atoms with Crippen LogP contribution >= 0.6 is 0 Å². The van der Waals surface area contributed by atoms with Crippen LogP contribution < -0.4 is 16.2 Å². The van der Waals surface area contributed by atoms with Gasteiger partial charge in [-0.15, -0.1) is 0 Å². The highest BCUT2D eigenvalue weighted by atomic mass is 19.1. The summed E-state index contributed by atoms with van der Waals surface area (Å²) in [6.45, 7) is 0. The lowest BCUT2D eigenvalue weighted by atomic mass is 10.2. The molecule has 2 aromatic carbocycles. The fourth-order valence-electron chi connectivity index (χ4n) is 1.31. The first-order valence-corrected chi connectivity index (χ1v) is 4.87. The van der Waals surface area contributed by atoms with E-state index in [1.54, 1.807) is 0 Å². The summed E-state index contributed by atoms with van der Waals surface area (Å²) in [6, 6.07) is 8.35. The minimum atomic E-state index is -0.568. The van der Waals surface area contributed by atoms with Crippen LogP contribution in [-0.4, -0.2) is 5.11 Å². The molecule has 0 aliphatic heterocycles. The Morgan fingerprint density at radius 3 is 2.41 bits per heavy atom.